The summed E-state index contributed by atoms with van der Waals surface area (Å²) in [6, 6.07) is 11.3. The van der Waals surface area contributed by atoms with Gasteiger partial charge in [0, 0.05) is 30.1 Å². The summed E-state index contributed by atoms with van der Waals surface area (Å²) in [4.78, 5) is 22.9. The van der Waals surface area contributed by atoms with E-state index in [2.05, 4.69) is 34.0 Å². The first-order valence-electron chi connectivity index (χ1n) is 9.14. The van der Waals surface area contributed by atoms with Crippen LogP contribution in [0.25, 0.3) is 11.1 Å². The molecular formula is C21H24N4O2. The smallest absolute Gasteiger partial charge is 0.251 e. The van der Waals surface area contributed by atoms with Gasteiger partial charge in [-0.25, -0.2) is 9.97 Å². The van der Waals surface area contributed by atoms with E-state index in [0.29, 0.717) is 12.1 Å². The number of aromatic nitrogens is 2. The number of hydrogen-bond acceptors (Lipinski definition) is 5. The van der Waals surface area contributed by atoms with E-state index in [1.54, 1.807) is 18.7 Å². The van der Waals surface area contributed by atoms with Crippen molar-refractivity contribution in [1.29, 1.82) is 0 Å². The quantitative estimate of drug-likeness (QED) is 0.662. The second-order valence-electron chi connectivity index (χ2n) is 6.17. The lowest BCUT2D eigenvalue weighted by atomic mass is 10.1. The Morgan fingerprint density at radius 2 is 1.78 bits per heavy atom. The first-order valence-corrected chi connectivity index (χ1v) is 9.14. The maximum absolute atomic E-state index is 12.6. The summed E-state index contributed by atoms with van der Waals surface area (Å²) in [5, 5.41) is 3.03. The lowest BCUT2D eigenvalue weighted by Crippen LogP contribution is -2.37. The van der Waals surface area contributed by atoms with Crippen molar-refractivity contribution in [3.05, 3.63) is 72.7 Å². The number of benzene rings is 1. The Balaban J connectivity index is 1.67. The van der Waals surface area contributed by atoms with Gasteiger partial charge in [0.25, 0.3) is 5.91 Å². The number of nitrogens with zero attached hydrogens (tertiary/aromatic N) is 3. The SMILES string of the molecule is CCN(CC)C(CNC(=O)c1ccc(-c2cncnc2)cc1)c1ccco1. The largest absolute Gasteiger partial charge is 0.468 e. The van der Waals surface area contributed by atoms with Gasteiger partial charge >= 0.3 is 0 Å². The molecule has 1 atom stereocenters. The van der Waals surface area contributed by atoms with Gasteiger partial charge in [-0.15, -0.1) is 0 Å². The van der Waals surface area contributed by atoms with Gasteiger partial charge in [-0.2, -0.15) is 0 Å². The molecule has 0 aliphatic rings. The minimum absolute atomic E-state index is 0.0136. The fraction of sp³-hybridized carbons (Fsp3) is 0.286. The van der Waals surface area contributed by atoms with Gasteiger partial charge in [0.1, 0.15) is 12.1 Å². The average molecular weight is 364 g/mol. The lowest BCUT2D eigenvalue weighted by Gasteiger charge is -2.28. The first-order chi connectivity index (χ1) is 13.2. The molecule has 0 saturated heterocycles. The van der Waals surface area contributed by atoms with Crippen LogP contribution in [0.15, 0.2) is 65.8 Å². The highest BCUT2D eigenvalue weighted by Crippen LogP contribution is 2.21. The summed E-state index contributed by atoms with van der Waals surface area (Å²) < 4.78 is 5.58. The van der Waals surface area contributed by atoms with Gasteiger partial charge in [0.15, 0.2) is 0 Å². The Kier molecular flexibility index (Phi) is 6.33. The Bertz CT molecular complexity index is 828. The molecule has 1 amide bonds. The Hall–Kier alpha value is -2.99. The molecule has 1 aromatic carbocycles. The topological polar surface area (TPSA) is 71.3 Å². The monoisotopic (exact) mass is 364 g/mol. The van der Waals surface area contributed by atoms with Crippen LogP contribution < -0.4 is 5.32 Å². The summed E-state index contributed by atoms with van der Waals surface area (Å²) >= 11 is 0. The van der Waals surface area contributed by atoms with Gasteiger partial charge < -0.3 is 9.73 Å². The number of likely N-dealkylation sites (N-methyl/N-ethyl adjacent to an activating group) is 1. The summed E-state index contributed by atoms with van der Waals surface area (Å²) in [6.07, 6.45) is 6.66. The van der Waals surface area contributed by atoms with Gasteiger partial charge in [0.2, 0.25) is 0 Å². The zero-order chi connectivity index (χ0) is 19.1. The number of rotatable bonds is 8. The number of carbonyl (C=O) groups is 1. The third kappa shape index (κ3) is 4.60. The van der Waals surface area contributed by atoms with E-state index in [1.807, 2.05) is 36.4 Å². The molecule has 2 aromatic heterocycles. The molecule has 0 bridgehead atoms. The molecule has 1 N–H and O–H groups in total. The third-order valence-electron chi connectivity index (χ3n) is 4.62. The highest BCUT2D eigenvalue weighted by molar-refractivity contribution is 5.94. The van der Waals surface area contributed by atoms with Crippen molar-refractivity contribution >= 4 is 5.91 Å². The molecule has 3 rings (SSSR count). The molecular weight excluding hydrogens is 340 g/mol. The van der Waals surface area contributed by atoms with Crippen LogP contribution in [0.1, 0.15) is 36.0 Å². The number of carbonyl (C=O) groups excluding carboxylic acids is 1. The van der Waals surface area contributed by atoms with Gasteiger partial charge in [0.05, 0.1) is 12.3 Å². The normalized spacial score (nSPS) is 12.1. The fourth-order valence-electron chi connectivity index (χ4n) is 3.11. The molecule has 0 aliphatic carbocycles. The van der Waals surface area contributed by atoms with Crippen LogP contribution in [0.5, 0.6) is 0 Å². The zero-order valence-electron chi connectivity index (χ0n) is 15.6. The highest BCUT2D eigenvalue weighted by atomic mass is 16.3. The number of nitrogens with one attached hydrogen (secondary N) is 1. The predicted molar refractivity (Wildman–Crippen MR) is 104 cm³/mol. The molecule has 3 aromatic rings. The van der Waals surface area contributed by atoms with E-state index >= 15 is 0 Å². The fourth-order valence-corrected chi connectivity index (χ4v) is 3.11. The van der Waals surface area contributed by atoms with Crippen molar-refractivity contribution < 1.29 is 9.21 Å². The van der Waals surface area contributed by atoms with Crippen LogP contribution in [0.2, 0.25) is 0 Å². The average Bonchev–Trinajstić information content (AvgIpc) is 3.26. The molecule has 0 radical (unpaired) electrons. The molecule has 0 saturated carbocycles. The van der Waals surface area contributed by atoms with Crippen LogP contribution in [0, 0.1) is 0 Å². The van der Waals surface area contributed by atoms with E-state index in [9.17, 15) is 4.79 Å². The third-order valence-corrected chi connectivity index (χ3v) is 4.62. The summed E-state index contributed by atoms with van der Waals surface area (Å²) in [5.74, 6) is 0.757. The molecule has 27 heavy (non-hydrogen) atoms. The molecule has 6 nitrogen and oxygen atoms in total. The molecule has 0 fully saturated rings. The first kappa shape index (κ1) is 18.8. The Labute approximate surface area is 159 Å². The maximum atomic E-state index is 12.6. The van der Waals surface area contributed by atoms with Crippen LogP contribution >= 0.6 is 0 Å². The standard InChI is InChI=1S/C21H24N4O2/c1-3-25(4-2)19(20-6-5-11-27-20)14-24-21(26)17-9-7-16(8-10-17)18-12-22-15-23-13-18/h5-13,15,19H,3-4,14H2,1-2H3,(H,24,26). The van der Waals surface area contributed by atoms with E-state index < -0.39 is 0 Å². The second-order valence-corrected chi connectivity index (χ2v) is 6.17. The van der Waals surface area contributed by atoms with Crippen molar-refractivity contribution in [2.75, 3.05) is 19.6 Å². The van der Waals surface area contributed by atoms with Crippen molar-refractivity contribution in [3.63, 3.8) is 0 Å². The van der Waals surface area contributed by atoms with Crippen LogP contribution in [0.3, 0.4) is 0 Å². The molecule has 6 heteroatoms. The zero-order valence-corrected chi connectivity index (χ0v) is 15.6. The van der Waals surface area contributed by atoms with Crippen LogP contribution in [0.4, 0.5) is 0 Å². The second kappa shape index (κ2) is 9.09. The van der Waals surface area contributed by atoms with Crippen molar-refractivity contribution in [2.24, 2.45) is 0 Å². The molecule has 1 unspecified atom stereocenters. The molecule has 140 valence electrons. The summed E-state index contributed by atoms with van der Waals surface area (Å²) in [5.41, 5.74) is 2.51. The minimum Gasteiger partial charge on any atom is -0.468 e. The molecule has 0 aliphatic heterocycles. The van der Waals surface area contributed by atoms with Crippen molar-refractivity contribution in [2.45, 2.75) is 19.9 Å². The number of furan rings is 1. The van der Waals surface area contributed by atoms with Gasteiger partial charge in [-0.1, -0.05) is 26.0 Å². The lowest BCUT2D eigenvalue weighted by molar-refractivity contribution is 0.0929. The number of hydrogen-bond donors (Lipinski definition) is 1. The van der Waals surface area contributed by atoms with E-state index in [0.717, 1.165) is 30.0 Å². The van der Waals surface area contributed by atoms with E-state index in [1.165, 1.54) is 6.33 Å². The Morgan fingerprint density at radius 3 is 2.37 bits per heavy atom. The molecule has 2 heterocycles. The van der Waals surface area contributed by atoms with Crippen LogP contribution in [-0.2, 0) is 0 Å². The highest BCUT2D eigenvalue weighted by Gasteiger charge is 2.21. The summed E-state index contributed by atoms with van der Waals surface area (Å²) in [6.45, 7) is 6.46. The van der Waals surface area contributed by atoms with E-state index in [4.69, 9.17) is 4.42 Å². The predicted octanol–water partition coefficient (Wildman–Crippen LogP) is 3.55. The Morgan fingerprint density at radius 1 is 1.07 bits per heavy atom. The molecule has 0 spiro atoms. The van der Waals surface area contributed by atoms with Crippen molar-refractivity contribution in [1.82, 2.24) is 20.2 Å². The van der Waals surface area contributed by atoms with E-state index in [-0.39, 0.29) is 11.9 Å². The minimum atomic E-state index is -0.102. The van der Waals surface area contributed by atoms with Gasteiger partial charge in [-0.05, 0) is 42.9 Å². The number of amides is 1. The maximum Gasteiger partial charge on any atom is 0.251 e. The van der Waals surface area contributed by atoms with Gasteiger partial charge in [-0.3, -0.25) is 9.69 Å². The van der Waals surface area contributed by atoms with Crippen LogP contribution in [-0.4, -0.2) is 40.4 Å². The van der Waals surface area contributed by atoms with Crippen molar-refractivity contribution in [3.8, 4) is 11.1 Å². The summed E-state index contributed by atoms with van der Waals surface area (Å²) in [7, 11) is 0.